The van der Waals surface area contributed by atoms with Crippen LogP contribution in [-0.2, 0) is 0 Å². The van der Waals surface area contributed by atoms with Gasteiger partial charge in [-0.1, -0.05) is 18.2 Å². The van der Waals surface area contributed by atoms with Crippen LogP contribution in [-0.4, -0.2) is 24.7 Å². The van der Waals surface area contributed by atoms with Gasteiger partial charge in [-0.15, -0.1) is 0 Å². The highest BCUT2D eigenvalue weighted by Crippen LogP contribution is 2.23. The van der Waals surface area contributed by atoms with E-state index in [-0.39, 0.29) is 0 Å². The second-order valence-corrected chi connectivity index (χ2v) is 4.17. The largest absolute Gasteiger partial charge is 0.491 e. The summed E-state index contributed by atoms with van der Waals surface area (Å²) in [6.07, 6.45) is 1.81. The van der Waals surface area contributed by atoms with Gasteiger partial charge in [0, 0.05) is 30.6 Å². The van der Waals surface area contributed by atoms with Gasteiger partial charge in [0.1, 0.15) is 11.3 Å². The van der Waals surface area contributed by atoms with Crippen LogP contribution in [0.2, 0.25) is 0 Å². The van der Waals surface area contributed by atoms with Gasteiger partial charge in [0.25, 0.3) is 0 Å². The molecule has 16 heavy (non-hydrogen) atoms. The number of aromatic nitrogens is 1. The molecule has 2 heterocycles. The van der Waals surface area contributed by atoms with Crippen molar-refractivity contribution in [1.29, 1.82) is 0 Å². The molecule has 0 bridgehead atoms. The third-order valence-electron chi connectivity index (χ3n) is 2.94. The van der Waals surface area contributed by atoms with Crippen LogP contribution in [0, 0.1) is 5.92 Å². The molecule has 1 aliphatic rings. The van der Waals surface area contributed by atoms with Gasteiger partial charge >= 0.3 is 0 Å². The predicted molar refractivity (Wildman–Crippen MR) is 63.6 cm³/mol. The van der Waals surface area contributed by atoms with Gasteiger partial charge in [0.15, 0.2) is 0 Å². The maximum atomic E-state index is 5.82. The van der Waals surface area contributed by atoms with E-state index in [9.17, 15) is 0 Å². The molecule has 1 saturated heterocycles. The molecule has 0 aliphatic carbocycles. The normalized spacial score (nSPS) is 16.0. The van der Waals surface area contributed by atoms with E-state index in [1.165, 1.54) is 0 Å². The van der Waals surface area contributed by atoms with Gasteiger partial charge in [0.2, 0.25) is 0 Å². The Morgan fingerprint density at radius 3 is 2.94 bits per heavy atom. The number of ether oxygens (including phenoxy) is 1. The van der Waals surface area contributed by atoms with Crippen molar-refractivity contribution >= 4 is 10.9 Å². The quantitative estimate of drug-likeness (QED) is 0.846. The molecule has 1 fully saturated rings. The van der Waals surface area contributed by atoms with Crippen molar-refractivity contribution in [2.75, 3.05) is 19.7 Å². The summed E-state index contributed by atoms with van der Waals surface area (Å²) in [7, 11) is 0. The van der Waals surface area contributed by atoms with E-state index in [2.05, 4.69) is 22.4 Å². The molecule has 82 valence electrons. The molecule has 0 saturated carbocycles. The molecule has 1 aromatic heterocycles. The van der Waals surface area contributed by atoms with E-state index < -0.39 is 0 Å². The Morgan fingerprint density at radius 1 is 1.25 bits per heavy atom. The average Bonchev–Trinajstić information content (AvgIpc) is 2.27. The summed E-state index contributed by atoms with van der Waals surface area (Å²) in [5.41, 5.74) is 0.956. The fraction of sp³-hybridized carbons (Fsp3) is 0.308. The zero-order valence-electron chi connectivity index (χ0n) is 9.02. The molecule has 3 rings (SSSR count). The molecular weight excluding hydrogens is 200 g/mol. The monoisotopic (exact) mass is 214 g/mol. The number of fused-ring (bicyclic) bond motifs is 1. The highest BCUT2D eigenvalue weighted by atomic mass is 16.5. The van der Waals surface area contributed by atoms with Crippen LogP contribution in [0.5, 0.6) is 5.75 Å². The number of hydrogen-bond donors (Lipinski definition) is 1. The molecular formula is C13H14N2O. The van der Waals surface area contributed by atoms with Gasteiger partial charge in [-0.25, -0.2) is 0 Å². The van der Waals surface area contributed by atoms with Gasteiger partial charge in [-0.2, -0.15) is 0 Å². The summed E-state index contributed by atoms with van der Waals surface area (Å²) in [4.78, 5) is 4.36. The fourth-order valence-electron chi connectivity index (χ4n) is 1.87. The standard InChI is InChI=1S/C13H14N2O/c1-3-11-4-2-6-15-13(11)12(5-1)16-9-10-7-14-8-10/h1-6,10,14H,7-9H2. The highest BCUT2D eigenvalue weighted by Gasteiger charge is 2.17. The van der Waals surface area contributed by atoms with Crippen LogP contribution in [0.15, 0.2) is 36.5 Å². The Labute approximate surface area is 94.5 Å². The summed E-state index contributed by atoms with van der Waals surface area (Å²) < 4.78 is 5.82. The smallest absolute Gasteiger partial charge is 0.145 e. The SMILES string of the molecule is c1cnc2c(OCC3CNC3)cccc2c1. The molecule has 3 heteroatoms. The van der Waals surface area contributed by atoms with Crippen molar-refractivity contribution in [3.63, 3.8) is 0 Å². The maximum Gasteiger partial charge on any atom is 0.145 e. The first kappa shape index (κ1) is 9.60. The molecule has 2 aromatic rings. The first-order chi connectivity index (χ1) is 7.93. The summed E-state index contributed by atoms with van der Waals surface area (Å²) in [6, 6.07) is 10.1. The number of rotatable bonds is 3. The number of para-hydroxylation sites is 1. The fourth-order valence-corrected chi connectivity index (χ4v) is 1.87. The first-order valence-corrected chi connectivity index (χ1v) is 5.61. The number of benzene rings is 1. The second kappa shape index (κ2) is 4.10. The molecule has 3 nitrogen and oxygen atoms in total. The Kier molecular flexibility index (Phi) is 2.46. The minimum Gasteiger partial charge on any atom is -0.491 e. The lowest BCUT2D eigenvalue weighted by Gasteiger charge is -2.26. The van der Waals surface area contributed by atoms with Crippen molar-refractivity contribution in [2.24, 2.45) is 5.92 Å². The van der Waals surface area contributed by atoms with Crippen molar-refractivity contribution in [1.82, 2.24) is 10.3 Å². The van der Waals surface area contributed by atoms with Crippen LogP contribution in [0.1, 0.15) is 0 Å². The summed E-state index contributed by atoms with van der Waals surface area (Å²) in [6.45, 7) is 2.92. The predicted octanol–water partition coefficient (Wildman–Crippen LogP) is 1.83. The zero-order valence-corrected chi connectivity index (χ0v) is 9.02. The first-order valence-electron chi connectivity index (χ1n) is 5.61. The number of nitrogens with one attached hydrogen (secondary N) is 1. The number of hydrogen-bond acceptors (Lipinski definition) is 3. The van der Waals surface area contributed by atoms with Crippen LogP contribution in [0.4, 0.5) is 0 Å². The Balaban J connectivity index is 1.84. The van der Waals surface area contributed by atoms with E-state index in [0.717, 1.165) is 36.3 Å². The van der Waals surface area contributed by atoms with E-state index >= 15 is 0 Å². The third-order valence-corrected chi connectivity index (χ3v) is 2.94. The number of pyridine rings is 1. The van der Waals surface area contributed by atoms with E-state index in [4.69, 9.17) is 4.74 Å². The van der Waals surface area contributed by atoms with Gasteiger partial charge in [-0.3, -0.25) is 4.98 Å². The summed E-state index contributed by atoms with van der Waals surface area (Å²) >= 11 is 0. The topological polar surface area (TPSA) is 34.1 Å². The maximum absolute atomic E-state index is 5.82. The minimum atomic E-state index is 0.652. The molecule has 0 atom stereocenters. The highest BCUT2D eigenvalue weighted by molar-refractivity contribution is 5.84. The zero-order chi connectivity index (χ0) is 10.8. The lowest BCUT2D eigenvalue weighted by molar-refractivity contribution is 0.200. The Hall–Kier alpha value is -1.61. The van der Waals surface area contributed by atoms with Crippen molar-refractivity contribution in [3.8, 4) is 5.75 Å². The number of nitrogens with zero attached hydrogens (tertiary/aromatic N) is 1. The molecule has 1 N–H and O–H groups in total. The van der Waals surface area contributed by atoms with Crippen LogP contribution < -0.4 is 10.1 Å². The molecule has 0 unspecified atom stereocenters. The van der Waals surface area contributed by atoms with Crippen LogP contribution >= 0.6 is 0 Å². The van der Waals surface area contributed by atoms with E-state index in [0.29, 0.717) is 5.92 Å². The van der Waals surface area contributed by atoms with E-state index in [1.54, 1.807) is 6.20 Å². The van der Waals surface area contributed by atoms with Crippen LogP contribution in [0.25, 0.3) is 10.9 Å². The minimum absolute atomic E-state index is 0.652. The molecule has 0 radical (unpaired) electrons. The summed E-state index contributed by atoms with van der Waals surface area (Å²) in [5, 5.41) is 4.37. The van der Waals surface area contributed by atoms with Gasteiger partial charge < -0.3 is 10.1 Å². The van der Waals surface area contributed by atoms with Gasteiger partial charge in [0.05, 0.1) is 6.61 Å². The molecule has 0 spiro atoms. The van der Waals surface area contributed by atoms with Crippen molar-refractivity contribution in [2.45, 2.75) is 0 Å². The average molecular weight is 214 g/mol. The van der Waals surface area contributed by atoms with Crippen molar-refractivity contribution < 1.29 is 4.74 Å². The van der Waals surface area contributed by atoms with Crippen LogP contribution in [0.3, 0.4) is 0 Å². The molecule has 0 amide bonds. The summed E-state index contributed by atoms with van der Waals surface area (Å²) in [5.74, 6) is 1.55. The van der Waals surface area contributed by atoms with Gasteiger partial charge in [-0.05, 0) is 12.1 Å². The Morgan fingerprint density at radius 2 is 2.12 bits per heavy atom. The lowest BCUT2D eigenvalue weighted by Crippen LogP contribution is -2.45. The second-order valence-electron chi connectivity index (χ2n) is 4.17. The lowest BCUT2D eigenvalue weighted by atomic mass is 10.1. The third kappa shape index (κ3) is 1.74. The molecule has 1 aromatic carbocycles. The van der Waals surface area contributed by atoms with Crippen molar-refractivity contribution in [3.05, 3.63) is 36.5 Å². The Bertz CT molecular complexity index is 489. The van der Waals surface area contributed by atoms with E-state index in [1.807, 2.05) is 18.2 Å². The molecule has 1 aliphatic heterocycles.